The van der Waals surface area contributed by atoms with Crippen LogP contribution in [0, 0.1) is 0 Å². The third-order valence-electron chi connectivity index (χ3n) is 4.68. The summed E-state index contributed by atoms with van der Waals surface area (Å²) in [4.78, 5) is 5.31. The third kappa shape index (κ3) is 6.02. The van der Waals surface area contributed by atoms with Crippen LogP contribution in [0.2, 0.25) is 10.0 Å². The van der Waals surface area contributed by atoms with Crippen molar-refractivity contribution in [3.05, 3.63) is 117 Å². The van der Waals surface area contributed by atoms with E-state index < -0.39 is 0 Å². The van der Waals surface area contributed by atoms with Gasteiger partial charge >= 0.3 is 0 Å². The summed E-state index contributed by atoms with van der Waals surface area (Å²) < 4.78 is 7.72. The Kier molecular flexibility index (Phi) is 7.79. The maximum atomic E-state index is 6.46. The molecule has 1 heterocycles. The highest BCUT2D eigenvalue weighted by molar-refractivity contribution is 7.07. The molecule has 0 atom stereocenters. The highest BCUT2D eigenvalue weighted by Gasteiger charge is 2.11. The first-order chi connectivity index (χ1) is 16.1. The van der Waals surface area contributed by atoms with Gasteiger partial charge < -0.3 is 4.74 Å². The van der Waals surface area contributed by atoms with E-state index in [9.17, 15) is 0 Å². The van der Waals surface area contributed by atoms with Gasteiger partial charge in [0.15, 0.2) is 0 Å². The van der Waals surface area contributed by atoms with Gasteiger partial charge in [-0.25, -0.2) is 4.68 Å². The summed E-state index contributed by atoms with van der Waals surface area (Å²) >= 11 is 14.0. The molecule has 0 aliphatic rings. The van der Waals surface area contributed by atoms with Crippen molar-refractivity contribution in [2.24, 2.45) is 10.1 Å². The van der Waals surface area contributed by atoms with Crippen molar-refractivity contribution in [1.29, 1.82) is 0 Å². The Balaban J connectivity index is 1.63. The van der Waals surface area contributed by atoms with Gasteiger partial charge in [-0.3, -0.25) is 4.99 Å². The van der Waals surface area contributed by atoms with Gasteiger partial charge in [0, 0.05) is 16.0 Å². The molecule has 0 radical (unpaired) electrons. The van der Waals surface area contributed by atoms with E-state index in [4.69, 9.17) is 33.0 Å². The number of nitrogens with zero attached hydrogens (tertiary/aromatic N) is 3. The molecular formula is C26H21Cl2N3OS. The van der Waals surface area contributed by atoms with Gasteiger partial charge in [0.2, 0.25) is 4.80 Å². The fourth-order valence-electron chi connectivity index (χ4n) is 3.09. The van der Waals surface area contributed by atoms with Crippen LogP contribution in [-0.4, -0.2) is 17.4 Å². The molecule has 0 unspecified atom stereocenters. The van der Waals surface area contributed by atoms with Crippen LogP contribution in [0.3, 0.4) is 0 Å². The first-order valence-corrected chi connectivity index (χ1v) is 11.9. The summed E-state index contributed by atoms with van der Waals surface area (Å²) in [6.07, 6.45) is 3.53. The van der Waals surface area contributed by atoms with Crippen LogP contribution >= 0.6 is 34.5 Å². The molecule has 0 N–H and O–H groups in total. The zero-order chi connectivity index (χ0) is 23.0. The molecule has 1 aromatic heterocycles. The molecule has 7 heteroatoms. The van der Waals surface area contributed by atoms with Crippen molar-refractivity contribution in [1.82, 2.24) is 4.68 Å². The third-order valence-corrected chi connectivity index (χ3v) is 6.08. The van der Waals surface area contributed by atoms with Gasteiger partial charge in [0.25, 0.3) is 0 Å². The number of ether oxygens (including phenoxy) is 1. The number of benzene rings is 3. The van der Waals surface area contributed by atoms with Crippen LogP contribution in [0.5, 0.6) is 5.75 Å². The van der Waals surface area contributed by atoms with Crippen LogP contribution in [-0.2, 0) is 6.61 Å². The molecule has 0 saturated carbocycles. The molecule has 0 bridgehead atoms. The Bertz CT molecular complexity index is 1340. The normalized spacial score (nSPS) is 11.8. The lowest BCUT2D eigenvalue weighted by Crippen LogP contribution is -2.12. The van der Waals surface area contributed by atoms with E-state index in [1.807, 2.05) is 72.1 Å². The zero-order valence-corrected chi connectivity index (χ0v) is 20.0. The van der Waals surface area contributed by atoms with Crippen molar-refractivity contribution < 1.29 is 4.74 Å². The minimum atomic E-state index is 0.493. The molecule has 0 aliphatic heterocycles. The molecule has 4 rings (SSSR count). The number of rotatable bonds is 8. The number of hydrogen-bond donors (Lipinski definition) is 0. The fourth-order valence-corrected chi connectivity index (χ4v) is 4.44. The molecule has 166 valence electrons. The average molecular weight is 494 g/mol. The smallest absolute Gasteiger partial charge is 0.206 e. The lowest BCUT2D eigenvalue weighted by molar-refractivity contribution is 0.306. The van der Waals surface area contributed by atoms with E-state index >= 15 is 0 Å². The predicted molar refractivity (Wildman–Crippen MR) is 139 cm³/mol. The predicted octanol–water partition coefficient (Wildman–Crippen LogP) is 7.07. The number of hydrogen-bond acceptors (Lipinski definition) is 4. The summed E-state index contributed by atoms with van der Waals surface area (Å²) in [5.74, 6) is 0.774. The summed E-state index contributed by atoms with van der Waals surface area (Å²) in [5, 5.41) is 7.83. The molecule has 4 nitrogen and oxygen atoms in total. The van der Waals surface area contributed by atoms with Crippen molar-refractivity contribution in [3.8, 4) is 17.0 Å². The van der Waals surface area contributed by atoms with Gasteiger partial charge in [0.1, 0.15) is 12.4 Å². The Morgan fingerprint density at radius 3 is 2.64 bits per heavy atom. The maximum absolute atomic E-state index is 6.46. The van der Waals surface area contributed by atoms with Crippen molar-refractivity contribution in [2.45, 2.75) is 6.61 Å². The first kappa shape index (κ1) is 23.1. The number of thiazole rings is 1. The van der Waals surface area contributed by atoms with E-state index in [1.165, 1.54) is 11.3 Å². The Hall–Kier alpha value is -3.12. The van der Waals surface area contributed by atoms with Crippen LogP contribution in [0.1, 0.15) is 11.1 Å². The molecule has 0 amide bonds. The SMILES string of the molecule is C=CCN=c1scc(-c2ccc(Cl)cc2Cl)n1N=Cc1cccc(OCc2ccccc2)c1. The summed E-state index contributed by atoms with van der Waals surface area (Å²) in [7, 11) is 0. The van der Waals surface area contributed by atoms with E-state index in [0.717, 1.165) is 32.9 Å². The fraction of sp³-hybridized carbons (Fsp3) is 0.0769. The van der Waals surface area contributed by atoms with Crippen LogP contribution in [0.4, 0.5) is 0 Å². The first-order valence-electron chi connectivity index (χ1n) is 10.2. The molecule has 0 aliphatic carbocycles. The van der Waals surface area contributed by atoms with Gasteiger partial charge in [-0.05, 0) is 41.5 Å². The second kappa shape index (κ2) is 11.1. The molecule has 3 aromatic carbocycles. The monoisotopic (exact) mass is 493 g/mol. The van der Waals surface area contributed by atoms with E-state index in [2.05, 4.69) is 11.6 Å². The maximum Gasteiger partial charge on any atom is 0.206 e. The van der Waals surface area contributed by atoms with Crippen molar-refractivity contribution in [3.63, 3.8) is 0 Å². The van der Waals surface area contributed by atoms with Crippen molar-refractivity contribution in [2.75, 3.05) is 6.54 Å². The molecular weight excluding hydrogens is 473 g/mol. The lowest BCUT2D eigenvalue weighted by Gasteiger charge is -2.08. The Morgan fingerprint density at radius 2 is 1.85 bits per heavy atom. The quantitative estimate of drug-likeness (QED) is 0.191. The minimum absolute atomic E-state index is 0.493. The van der Waals surface area contributed by atoms with Crippen LogP contribution in [0.15, 0.2) is 101 Å². The summed E-state index contributed by atoms with van der Waals surface area (Å²) in [6, 6.07) is 23.3. The number of halogens is 2. The summed E-state index contributed by atoms with van der Waals surface area (Å²) in [5.41, 5.74) is 3.68. The van der Waals surface area contributed by atoms with Crippen molar-refractivity contribution >= 4 is 40.8 Å². The second-order valence-electron chi connectivity index (χ2n) is 7.06. The standard InChI is InChI=1S/C26H21Cl2N3OS/c1-2-13-29-26-31(25(18-33-26)23-12-11-21(27)15-24(23)28)30-16-20-9-6-10-22(14-20)32-17-19-7-4-3-5-8-19/h2-12,14-16,18H,1,13,17H2. The van der Waals surface area contributed by atoms with E-state index in [0.29, 0.717) is 23.2 Å². The highest BCUT2D eigenvalue weighted by Crippen LogP contribution is 2.30. The van der Waals surface area contributed by atoms with Gasteiger partial charge in [-0.15, -0.1) is 17.9 Å². The van der Waals surface area contributed by atoms with Gasteiger partial charge in [0.05, 0.1) is 23.5 Å². The Morgan fingerprint density at radius 1 is 1.00 bits per heavy atom. The van der Waals surface area contributed by atoms with Gasteiger partial charge in [-0.2, -0.15) is 5.10 Å². The number of aromatic nitrogens is 1. The molecule has 0 fully saturated rings. The zero-order valence-electron chi connectivity index (χ0n) is 17.7. The molecule has 33 heavy (non-hydrogen) atoms. The minimum Gasteiger partial charge on any atom is -0.489 e. The van der Waals surface area contributed by atoms with Crippen LogP contribution in [0.25, 0.3) is 11.3 Å². The molecule has 4 aromatic rings. The average Bonchev–Trinajstić information content (AvgIpc) is 3.23. The largest absolute Gasteiger partial charge is 0.489 e. The molecule has 0 saturated heterocycles. The van der Waals surface area contributed by atoms with E-state index in [1.54, 1.807) is 23.0 Å². The van der Waals surface area contributed by atoms with E-state index in [-0.39, 0.29) is 0 Å². The topological polar surface area (TPSA) is 38.9 Å². The van der Waals surface area contributed by atoms with Gasteiger partial charge in [-0.1, -0.05) is 71.7 Å². The molecule has 0 spiro atoms. The van der Waals surface area contributed by atoms with Crippen LogP contribution < -0.4 is 9.54 Å². The highest BCUT2D eigenvalue weighted by atomic mass is 35.5. The summed E-state index contributed by atoms with van der Waals surface area (Å²) in [6.45, 7) is 4.75. The second-order valence-corrected chi connectivity index (χ2v) is 8.74. The Labute approximate surface area is 206 Å². The lowest BCUT2D eigenvalue weighted by atomic mass is 10.2.